The van der Waals surface area contributed by atoms with E-state index in [1.165, 1.54) is 10.1 Å². The molecule has 1 unspecified atom stereocenters. The molecule has 0 fully saturated rings. The van der Waals surface area contributed by atoms with Crippen LogP contribution in [0.4, 0.5) is 0 Å². The summed E-state index contributed by atoms with van der Waals surface area (Å²) >= 11 is 11.3. The molecule has 0 bridgehead atoms. The van der Waals surface area contributed by atoms with E-state index in [2.05, 4.69) is 39.5 Å². The normalized spacial score (nSPS) is 12.8. The van der Waals surface area contributed by atoms with Crippen LogP contribution < -0.4 is 5.73 Å². The summed E-state index contributed by atoms with van der Waals surface area (Å²) in [5.74, 6) is 0. The summed E-state index contributed by atoms with van der Waals surface area (Å²) in [5.41, 5.74) is 8.56. The van der Waals surface area contributed by atoms with Crippen molar-refractivity contribution in [2.75, 3.05) is 0 Å². The Morgan fingerprint density at radius 1 is 1.16 bits per heavy atom. The number of rotatable bonds is 2. The number of halogens is 2. The van der Waals surface area contributed by atoms with Gasteiger partial charge in [0.2, 0.25) is 0 Å². The summed E-state index contributed by atoms with van der Waals surface area (Å²) < 4.78 is 2.19. The van der Waals surface area contributed by atoms with Crippen molar-refractivity contribution in [2.45, 2.75) is 6.04 Å². The summed E-state index contributed by atoms with van der Waals surface area (Å²) in [4.78, 5) is 0. The van der Waals surface area contributed by atoms with Crippen molar-refractivity contribution in [3.05, 3.63) is 68.5 Å². The van der Waals surface area contributed by atoms with Crippen molar-refractivity contribution >= 4 is 49.0 Å². The van der Waals surface area contributed by atoms with Crippen LogP contribution in [0.1, 0.15) is 17.2 Å². The summed E-state index contributed by atoms with van der Waals surface area (Å²) in [6.45, 7) is 0. The van der Waals surface area contributed by atoms with Crippen molar-refractivity contribution in [3.8, 4) is 0 Å². The van der Waals surface area contributed by atoms with Crippen molar-refractivity contribution in [1.29, 1.82) is 0 Å². The standard InChI is InChI=1S/C15H11BrClNS/c16-11-6-10(7-12(17)8-11)14(18)13-3-1-2-9-4-5-19-15(9)13/h1-8,14H,18H2. The van der Waals surface area contributed by atoms with Crippen LogP contribution in [0, 0.1) is 0 Å². The van der Waals surface area contributed by atoms with Gasteiger partial charge in [0.15, 0.2) is 0 Å². The topological polar surface area (TPSA) is 26.0 Å². The highest BCUT2D eigenvalue weighted by Gasteiger charge is 2.14. The fraction of sp³-hybridized carbons (Fsp3) is 0.0667. The predicted molar refractivity (Wildman–Crippen MR) is 87.0 cm³/mol. The third kappa shape index (κ3) is 2.56. The second-order valence-electron chi connectivity index (χ2n) is 4.37. The molecule has 2 N–H and O–H groups in total. The molecule has 0 aliphatic rings. The highest BCUT2D eigenvalue weighted by atomic mass is 79.9. The monoisotopic (exact) mass is 351 g/mol. The van der Waals surface area contributed by atoms with Crippen LogP contribution in [0.5, 0.6) is 0 Å². The maximum absolute atomic E-state index is 6.41. The molecule has 0 saturated carbocycles. The Morgan fingerprint density at radius 3 is 2.79 bits per heavy atom. The van der Waals surface area contributed by atoms with Crippen LogP contribution in [0.3, 0.4) is 0 Å². The number of fused-ring (bicyclic) bond motifs is 1. The first-order chi connectivity index (χ1) is 9.15. The van der Waals surface area contributed by atoms with E-state index in [9.17, 15) is 0 Å². The highest BCUT2D eigenvalue weighted by Crippen LogP contribution is 2.33. The Kier molecular flexibility index (Phi) is 3.63. The Balaban J connectivity index is 2.13. The van der Waals surface area contributed by atoms with Gasteiger partial charge in [-0.05, 0) is 46.2 Å². The number of nitrogens with two attached hydrogens (primary N) is 1. The fourth-order valence-corrected chi connectivity index (χ4v) is 4.04. The van der Waals surface area contributed by atoms with Crippen molar-refractivity contribution in [3.63, 3.8) is 0 Å². The van der Waals surface area contributed by atoms with Gasteiger partial charge >= 0.3 is 0 Å². The average molecular weight is 353 g/mol. The van der Waals surface area contributed by atoms with Gasteiger partial charge in [-0.1, -0.05) is 45.7 Å². The van der Waals surface area contributed by atoms with Gasteiger partial charge in [-0.25, -0.2) is 0 Å². The summed E-state index contributed by atoms with van der Waals surface area (Å²) in [5, 5.41) is 4.02. The van der Waals surface area contributed by atoms with E-state index in [0.29, 0.717) is 5.02 Å². The molecule has 2 aromatic carbocycles. The first-order valence-corrected chi connectivity index (χ1v) is 7.88. The van der Waals surface area contributed by atoms with E-state index in [1.54, 1.807) is 11.3 Å². The largest absolute Gasteiger partial charge is 0.320 e. The quantitative estimate of drug-likeness (QED) is 0.659. The third-order valence-electron chi connectivity index (χ3n) is 3.09. The fourth-order valence-electron chi connectivity index (χ4n) is 2.20. The van der Waals surface area contributed by atoms with Crippen LogP contribution in [0.15, 0.2) is 52.3 Å². The second kappa shape index (κ2) is 5.25. The van der Waals surface area contributed by atoms with Gasteiger partial charge in [0.05, 0.1) is 6.04 Å². The maximum atomic E-state index is 6.41. The summed E-state index contributed by atoms with van der Waals surface area (Å²) in [6.07, 6.45) is 0. The molecule has 1 aromatic heterocycles. The van der Waals surface area contributed by atoms with E-state index >= 15 is 0 Å². The van der Waals surface area contributed by atoms with E-state index < -0.39 is 0 Å². The first kappa shape index (κ1) is 13.1. The molecule has 0 spiro atoms. The smallest absolute Gasteiger partial charge is 0.0566 e. The predicted octanol–water partition coefficient (Wildman–Crippen LogP) is 5.37. The van der Waals surface area contributed by atoms with Gasteiger partial charge in [-0.2, -0.15) is 0 Å². The van der Waals surface area contributed by atoms with Crippen LogP contribution >= 0.6 is 38.9 Å². The van der Waals surface area contributed by atoms with E-state index in [-0.39, 0.29) is 6.04 Å². The second-order valence-corrected chi connectivity index (χ2v) is 6.63. The van der Waals surface area contributed by atoms with Crippen LogP contribution in [0.25, 0.3) is 10.1 Å². The van der Waals surface area contributed by atoms with Gasteiger partial charge in [-0.15, -0.1) is 11.3 Å². The van der Waals surface area contributed by atoms with E-state index in [4.69, 9.17) is 17.3 Å². The van der Waals surface area contributed by atoms with Gasteiger partial charge in [0.25, 0.3) is 0 Å². The molecule has 0 radical (unpaired) electrons. The van der Waals surface area contributed by atoms with E-state index in [1.807, 2.05) is 24.3 Å². The molecule has 1 nitrogen and oxygen atoms in total. The van der Waals surface area contributed by atoms with Crippen LogP contribution in [0.2, 0.25) is 5.02 Å². The third-order valence-corrected chi connectivity index (χ3v) is 4.74. The van der Waals surface area contributed by atoms with Gasteiger partial charge in [0.1, 0.15) is 0 Å². The Labute approximate surface area is 129 Å². The molecule has 3 aromatic rings. The highest BCUT2D eigenvalue weighted by molar-refractivity contribution is 9.10. The van der Waals surface area contributed by atoms with Crippen LogP contribution in [-0.2, 0) is 0 Å². The molecule has 3 rings (SSSR count). The number of benzene rings is 2. The van der Waals surface area contributed by atoms with E-state index in [0.717, 1.165) is 15.6 Å². The first-order valence-electron chi connectivity index (χ1n) is 5.83. The molecule has 0 saturated heterocycles. The molecule has 0 aliphatic heterocycles. The zero-order valence-corrected chi connectivity index (χ0v) is 13.1. The molecule has 1 heterocycles. The minimum Gasteiger partial charge on any atom is -0.320 e. The van der Waals surface area contributed by atoms with Gasteiger partial charge in [0, 0.05) is 14.2 Å². The molecule has 19 heavy (non-hydrogen) atoms. The maximum Gasteiger partial charge on any atom is 0.0566 e. The van der Waals surface area contributed by atoms with Crippen molar-refractivity contribution in [1.82, 2.24) is 0 Å². The molecule has 4 heteroatoms. The van der Waals surface area contributed by atoms with Crippen molar-refractivity contribution < 1.29 is 0 Å². The lowest BCUT2D eigenvalue weighted by atomic mass is 9.99. The SMILES string of the molecule is NC(c1cc(Cl)cc(Br)c1)c1cccc2ccsc12. The van der Waals surface area contributed by atoms with Crippen LogP contribution in [-0.4, -0.2) is 0 Å². The number of hydrogen-bond acceptors (Lipinski definition) is 2. The Bertz CT molecular complexity index is 718. The molecule has 0 aliphatic carbocycles. The van der Waals surface area contributed by atoms with Gasteiger partial charge < -0.3 is 5.73 Å². The molecule has 96 valence electrons. The molecular formula is C15H11BrClNS. The minimum absolute atomic E-state index is 0.169. The number of hydrogen-bond donors (Lipinski definition) is 1. The molecular weight excluding hydrogens is 342 g/mol. The summed E-state index contributed by atoms with van der Waals surface area (Å²) in [7, 11) is 0. The average Bonchev–Trinajstić information content (AvgIpc) is 2.84. The lowest BCUT2D eigenvalue weighted by molar-refractivity contribution is 0.881. The molecule has 1 atom stereocenters. The van der Waals surface area contributed by atoms with Crippen molar-refractivity contribution in [2.24, 2.45) is 5.73 Å². The van der Waals surface area contributed by atoms with Gasteiger partial charge in [-0.3, -0.25) is 0 Å². The summed E-state index contributed by atoms with van der Waals surface area (Å²) in [6, 6.07) is 14.0. The molecule has 0 amide bonds. The lowest BCUT2D eigenvalue weighted by Crippen LogP contribution is -2.11. The minimum atomic E-state index is -0.169. The lowest BCUT2D eigenvalue weighted by Gasteiger charge is -2.14. The Hall–Kier alpha value is -0.870. The number of thiophene rings is 1. The Morgan fingerprint density at radius 2 is 2.00 bits per heavy atom. The zero-order chi connectivity index (χ0) is 13.4. The zero-order valence-electron chi connectivity index (χ0n) is 9.94.